The van der Waals surface area contributed by atoms with Crippen molar-refractivity contribution in [2.75, 3.05) is 31.3 Å². The monoisotopic (exact) mass is 538 g/mol. The summed E-state index contributed by atoms with van der Waals surface area (Å²) in [5, 5.41) is 3.59. The first-order valence-electron chi connectivity index (χ1n) is 13.4. The van der Waals surface area contributed by atoms with Gasteiger partial charge in [0.15, 0.2) is 0 Å². The van der Waals surface area contributed by atoms with Crippen LogP contribution in [-0.4, -0.2) is 57.6 Å². The van der Waals surface area contributed by atoms with E-state index in [0.717, 1.165) is 53.6 Å². The molecule has 1 fully saturated rings. The molecule has 0 bridgehead atoms. The number of aryl methyl sites for hydroxylation is 1. The first kappa shape index (κ1) is 27.1. The summed E-state index contributed by atoms with van der Waals surface area (Å²) in [6.45, 7) is 6.63. The van der Waals surface area contributed by atoms with Crippen LogP contribution in [0.15, 0.2) is 67.0 Å². The van der Waals surface area contributed by atoms with Gasteiger partial charge in [0, 0.05) is 43.1 Å². The molecule has 2 amide bonds. The lowest BCUT2D eigenvalue weighted by atomic mass is 9.97. The molecule has 0 saturated carbocycles. The zero-order valence-corrected chi connectivity index (χ0v) is 23.1. The van der Waals surface area contributed by atoms with E-state index in [1.54, 1.807) is 14.0 Å². The quantitative estimate of drug-likeness (QED) is 0.319. The SMILES string of the molecule is C=C(C)C(=O)Nc1ccc(-c2c(-c3ccc(C(=O)N4CCCCC4COC)cc3)c3c(N)ncnc3n2C)cc1. The molecular weight excluding hydrogens is 504 g/mol. The van der Waals surface area contributed by atoms with E-state index in [9.17, 15) is 9.59 Å². The van der Waals surface area contributed by atoms with Gasteiger partial charge in [-0.2, -0.15) is 0 Å². The molecular formula is C31H34N6O3. The van der Waals surface area contributed by atoms with Gasteiger partial charge >= 0.3 is 0 Å². The lowest BCUT2D eigenvalue weighted by Crippen LogP contribution is -2.46. The molecule has 3 N–H and O–H groups in total. The van der Waals surface area contributed by atoms with Crippen LogP contribution in [0.1, 0.15) is 36.5 Å². The minimum absolute atomic E-state index is 0.0155. The van der Waals surface area contributed by atoms with Gasteiger partial charge in [0.05, 0.1) is 23.7 Å². The summed E-state index contributed by atoms with van der Waals surface area (Å²) in [6, 6.07) is 15.3. The zero-order chi connectivity index (χ0) is 28.4. The number of nitrogen functional groups attached to an aromatic ring is 1. The number of anilines is 2. The molecule has 0 spiro atoms. The number of hydrogen-bond acceptors (Lipinski definition) is 6. The summed E-state index contributed by atoms with van der Waals surface area (Å²) < 4.78 is 7.37. The summed E-state index contributed by atoms with van der Waals surface area (Å²) in [5.74, 6) is 0.165. The van der Waals surface area contributed by atoms with Crippen LogP contribution in [0.5, 0.6) is 0 Å². The Bertz CT molecular complexity index is 1570. The van der Waals surface area contributed by atoms with Crippen LogP contribution in [0.25, 0.3) is 33.4 Å². The Morgan fingerprint density at radius 3 is 2.45 bits per heavy atom. The number of amides is 2. The third-order valence-electron chi connectivity index (χ3n) is 7.47. The van der Waals surface area contributed by atoms with Gasteiger partial charge in [-0.1, -0.05) is 30.8 Å². The van der Waals surface area contributed by atoms with Crippen molar-refractivity contribution in [1.29, 1.82) is 0 Å². The van der Waals surface area contributed by atoms with Gasteiger partial charge in [-0.3, -0.25) is 9.59 Å². The molecule has 206 valence electrons. The predicted octanol–water partition coefficient (Wildman–Crippen LogP) is 5.04. The average Bonchev–Trinajstić information content (AvgIpc) is 3.27. The van der Waals surface area contributed by atoms with Crippen molar-refractivity contribution >= 4 is 34.4 Å². The van der Waals surface area contributed by atoms with E-state index in [2.05, 4.69) is 21.9 Å². The average molecular weight is 539 g/mol. The highest BCUT2D eigenvalue weighted by atomic mass is 16.5. The molecule has 40 heavy (non-hydrogen) atoms. The molecule has 1 saturated heterocycles. The van der Waals surface area contributed by atoms with Crippen LogP contribution in [0, 0.1) is 0 Å². The highest BCUT2D eigenvalue weighted by molar-refractivity contribution is 6.08. The maximum absolute atomic E-state index is 13.4. The van der Waals surface area contributed by atoms with E-state index in [4.69, 9.17) is 10.5 Å². The largest absolute Gasteiger partial charge is 0.383 e. The van der Waals surface area contributed by atoms with Crippen LogP contribution < -0.4 is 11.1 Å². The highest BCUT2D eigenvalue weighted by Crippen LogP contribution is 2.41. The summed E-state index contributed by atoms with van der Waals surface area (Å²) in [5.41, 5.74) is 12.4. The summed E-state index contributed by atoms with van der Waals surface area (Å²) >= 11 is 0. The normalized spacial score (nSPS) is 15.3. The van der Waals surface area contributed by atoms with Crippen molar-refractivity contribution in [3.05, 3.63) is 72.6 Å². The minimum Gasteiger partial charge on any atom is -0.383 e. The number of carbonyl (C=O) groups excluding carboxylic acids is 2. The van der Waals surface area contributed by atoms with Crippen LogP contribution in [0.2, 0.25) is 0 Å². The van der Waals surface area contributed by atoms with Crippen molar-refractivity contribution in [3.63, 3.8) is 0 Å². The number of carbonyl (C=O) groups is 2. The van der Waals surface area contributed by atoms with Gasteiger partial charge in [0.2, 0.25) is 0 Å². The van der Waals surface area contributed by atoms with Gasteiger partial charge < -0.3 is 25.3 Å². The number of hydrogen-bond donors (Lipinski definition) is 2. The Kier molecular flexibility index (Phi) is 7.66. The molecule has 1 aliphatic rings. The molecule has 5 rings (SSSR count). The van der Waals surface area contributed by atoms with Gasteiger partial charge in [-0.05, 0) is 61.6 Å². The first-order chi connectivity index (χ1) is 19.3. The predicted molar refractivity (Wildman–Crippen MR) is 158 cm³/mol. The number of ether oxygens (including phenoxy) is 1. The number of piperidine rings is 1. The number of nitrogens with zero attached hydrogens (tertiary/aromatic N) is 4. The molecule has 0 aliphatic carbocycles. The zero-order valence-electron chi connectivity index (χ0n) is 23.1. The lowest BCUT2D eigenvalue weighted by molar-refractivity contribution is -0.112. The second kappa shape index (κ2) is 11.3. The summed E-state index contributed by atoms with van der Waals surface area (Å²) in [7, 11) is 3.61. The van der Waals surface area contributed by atoms with Crippen molar-refractivity contribution in [2.24, 2.45) is 7.05 Å². The molecule has 1 unspecified atom stereocenters. The molecule has 3 heterocycles. The van der Waals surface area contributed by atoms with Gasteiger partial charge in [0.25, 0.3) is 11.8 Å². The molecule has 0 radical (unpaired) electrons. The number of rotatable bonds is 7. The molecule has 4 aromatic rings. The van der Waals surface area contributed by atoms with Crippen LogP contribution in [0.3, 0.4) is 0 Å². The Morgan fingerprint density at radius 2 is 1.77 bits per heavy atom. The van der Waals surface area contributed by atoms with Crippen molar-refractivity contribution in [3.8, 4) is 22.4 Å². The van der Waals surface area contributed by atoms with E-state index in [1.165, 1.54) is 6.33 Å². The second-order valence-electron chi connectivity index (χ2n) is 10.2. The lowest BCUT2D eigenvalue weighted by Gasteiger charge is -2.35. The Labute approximate surface area is 233 Å². The number of aromatic nitrogens is 3. The molecule has 2 aromatic carbocycles. The van der Waals surface area contributed by atoms with Crippen LogP contribution >= 0.6 is 0 Å². The number of nitrogens with one attached hydrogen (secondary N) is 1. The Balaban J connectivity index is 1.54. The third-order valence-corrected chi connectivity index (χ3v) is 7.47. The number of nitrogens with two attached hydrogens (primary N) is 1. The number of likely N-dealkylation sites (tertiary alicyclic amines) is 1. The maximum atomic E-state index is 13.4. The fourth-order valence-corrected chi connectivity index (χ4v) is 5.42. The van der Waals surface area contributed by atoms with Crippen molar-refractivity contribution in [1.82, 2.24) is 19.4 Å². The van der Waals surface area contributed by atoms with Crippen LogP contribution in [-0.2, 0) is 16.6 Å². The van der Waals surface area contributed by atoms with E-state index in [0.29, 0.717) is 34.9 Å². The van der Waals surface area contributed by atoms with Crippen LogP contribution in [0.4, 0.5) is 11.5 Å². The fraction of sp³-hybridized carbons (Fsp3) is 0.290. The summed E-state index contributed by atoms with van der Waals surface area (Å²) in [6.07, 6.45) is 4.51. The van der Waals surface area contributed by atoms with E-state index < -0.39 is 0 Å². The standard InChI is InChI=1S/C31H34N6O3/c1-19(2)30(38)35-23-14-12-21(13-15-23)27-25(26-28(32)33-18-34-29(26)36(27)3)20-8-10-22(11-9-20)31(39)37-16-6-5-7-24(37)17-40-4/h8-15,18,24H,1,5-7,16-17H2,2-4H3,(H,35,38)(H2,32,33,34). The molecule has 9 heteroatoms. The number of methoxy groups -OCH3 is 1. The van der Waals surface area contributed by atoms with Gasteiger partial charge in [-0.15, -0.1) is 0 Å². The van der Waals surface area contributed by atoms with E-state index in [-0.39, 0.29) is 17.9 Å². The smallest absolute Gasteiger partial charge is 0.254 e. The molecule has 1 aliphatic heterocycles. The fourth-order valence-electron chi connectivity index (χ4n) is 5.42. The molecule has 2 aromatic heterocycles. The van der Waals surface area contributed by atoms with Crippen molar-refractivity contribution in [2.45, 2.75) is 32.2 Å². The minimum atomic E-state index is -0.228. The summed E-state index contributed by atoms with van der Waals surface area (Å²) in [4.78, 5) is 36.2. The van der Waals surface area contributed by atoms with E-state index >= 15 is 0 Å². The van der Waals surface area contributed by atoms with E-state index in [1.807, 2.05) is 65.0 Å². The van der Waals surface area contributed by atoms with Gasteiger partial charge in [-0.25, -0.2) is 9.97 Å². The van der Waals surface area contributed by atoms with Gasteiger partial charge in [0.1, 0.15) is 17.8 Å². The maximum Gasteiger partial charge on any atom is 0.254 e. The first-order valence-corrected chi connectivity index (χ1v) is 13.4. The Hall–Kier alpha value is -4.50. The third kappa shape index (κ3) is 5.08. The number of benzene rings is 2. The Morgan fingerprint density at radius 1 is 1.07 bits per heavy atom. The molecule has 1 atom stereocenters. The molecule has 9 nitrogen and oxygen atoms in total. The topological polar surface area (TPSA) is 115 Å². The second-order valence-corrected chi connectivity index (χ2v) is 10.2. The van der Waals surface area contributed by atoms with Crippen molar-refractivity contribution < 1.29 is 14.3 Å². The number of fused-ring (bicyclic) bond motifs is 1. The highest BCUT2D eigenvalue weighted by Gasteiger charge is 2.28.